The van der Waals surface area contributed by atoms with E-state index in [2.05, 4.69) is 29.1 Å². The van der Waals surface area contributed by atoms with Crippen molar-refractivity contribution in [3.63, 3.8) is 0 Å². The summed E-state index contributed by atoms with van der Waals surface area (Å²) >= 11 is 0. The molecule has 1 heterocycles. The highest BCUT2D eigenvalue weighted by Gasteiger charge is 2.58. The van der Waals surface area contributed by atoms with Crippen LogP contribution in [-0.4, -0.2) is 43.2 Å². The maximum Gasteiger partial charge on any atom is 0.157 e. The molecule has 6 heteroatoms. The minimum absolute atomic E-state index is 0.0544. The summed E-state index contributed by atoms with van der Waals surface area (Å²) in [4.78, 5) is 13.1. The van der Waals surface area contributed by atoms with Gasteiger partial charge >= 0.3 is 0 Å². The van der Waals surface area contributed by atoms with E-state index in [-0.39, 0.29) is 17.9 Å². The maximum absolute atomic E-state index is 13.1. The lowest BCUT2D eigenvalue weighted by Gasteiger charge is -2.59. The lowest BCUT2D eigenvalue weighted by molar-refractivity contribution is -0.132. The van der Waals surface area contributed by atoms with Crippen LogP contribution in [-0.2, 0) is 11.3 Å². The summed E-state index contributed by atoms with van der Waals surface area (Å²) < 4.78 is 1.67. The van der Waals surface area contributed by atoms with Crippen LogP contribution in [0.2, 0.25) is 0 Å². The molecule has 4 fully saturated rings. The normalized spacial score (nSPS) is 42.8. The number of aromatic nitrogens is 3. The minimum Gasteiger partial charge on any atom is -0.395 e. The Labute approximate surface area is 191 Å². The van der Waals surface area contributed by atoms with E-state index in [0.717, 1.165) is 31.6 Å². The Hall–Kier alpha value is -1.71. The van der Waals surface area contributed by atoms with Gasteiger partial charge in [0.15, 0.2) is 5.78 Å². The van der Waals surface area contributed by atoms with Crippen LogP contribution in [0.15, 0.2) is 12.4 Å². The van der Waals surface area contributed by atoms with Crippen molar-refractivity contribution in [3.05, 3.63) is 12.4 Å². The Kier molecular flexibility index (Phi) is 5.92. The Morgan fingerprint density at radius 3 is 2.72 bits per heavy atom. The molecule has 0 aliphatic heterocycles. The second-order valence-corrected chi connectivity index (χ2v) is 11.2. The Morgan fingerprint density at radius 1 is 1.12 bits per heavy atom. The van der Waals surface area contributed by atoms with E-state index in [4.69, 9.17) is 5.11 Å². The summed E-state index contributed by atoms with van der Waals surface area (Å²) in [6.07, 6.45) is 13.4. The zero-order valence-electron chi connectivity index (χ0n) is 19.2. The lowest BCUT2D eigenvalue weighted by atomic mass is 9.46. The van der Waals surface area contributed by atoms with Crippen molar-refractivity contribution in [2.24, 2.45) is 40.9 Å². The number of aliphatic hydroxyl groups is 2. The average molecular weight is 440 g/mol. The standard InChI is InChI=1S/C26H37N3O3/c1-25-11-12-26(32,10-2-3-15-30)16-18(25)4-5-21-19-6-7-22(20(19)8-9-23(21)25)24(31)17-29-14-13-27-28-29/h13-14,18-23,30,32H,3-9,11-12,15-17H2,1H3/t18-,19-,20+,21+,22+,23+,25+,26-/m1/s1. The van der Waals surface area contributed by atoms with Crippen LogP contribution >= 0.6 is 0 Å². The molecule has 4 aliphatic carbocycles. The van der Waals surface area contributed by atoms with E-state index in [9.17, 15) is 9.90 Å². The fraction of sp³-hybridized carbons (Fsp3) is 0.808. The average Bonchev–Trinajstić information content (AvgIpc) is 3.44. The smallest absolute Gasteiger partial charge is 0.157 e. The van der Waals surface area contributed by atoms with Crippen LogP contribution < -0.4 is 0 Å². The van der Waals surface area contributed by atoms with Gasteiger partial charge in [-0.1, -0.05) is 24.0 Å². The molecule has 8 atom stereocenters. The first kappa shape index (κ1) is 22.1. The third-order valence-corrected chi connectivity index (χ3v) is 9.81. The second kappa shape index (κ2) is 8.57. The van der Waals surface area contributed by atoms with Gasteiger partial charge in [-0.15, -0.1) is 5.10 Å². The molecule has 32 heavy (non-hydrogen) atoms. The van der Waals surface area contributed by atoms with E-state index in [0.29, 0.717) is 42.4 Å². The predicted molar refractivity (Wildman–Crippen MR) is 120 cm³/mol. The quantitative estimate of drug-likeness (QED) is 0.703. The SMILES string of the molecule is C[C@]12CC[C@](O)(C#CCCO)C[C@H]1CC[C@H]1[C@@H]3CC[C@H](C(=O)Cn4ccnn4)[C@H]3CC[C@@H]12. The highest BCUT2D eigenvalue weighted by atomic mass is 16.3. The van der Waals surface area contributed by atoms with Crippen molar-refractivity contribution in [2.75, 3.05) is 6.61 Å². The van der Waals surface area contributed by atoms with Crippen molar-refractivity contribution in [3.8, 4) is 11.8 Å². The van der Waals surface area contributed by atoms with E-state index in [1.807, 2.05) is 0 Å². The Morgan fingerprint density at radius 2 is 1.94 bits per heavy atom. The monoisotopic (exact) mass is 439 g/mol. The number of fused-ring (bicyclic) bond motifs is 5. The van der Waals surface area contributed by atoms with Gasteiger partial charge < -0.3 is 10.2 Å². The molecule has 5 rings (SSSR count). The predicted octanol–water partition coefficient (Wildman–Crippen LogP) is 3.23. The number of carbonyl (C=O) groups is 1. The van der Waals surface area contributed by atoms with Crippen molar-refractivity contribution in [1.29, 1.82) is 0 Å². The van der Waals surface area contributed by atoms with Crippen molar-refractivity contribution in [2.45, 2.75) is 83.3 Å². The van der Waals surface area contributed by atoms with Crippen LogP contribution in [0.5, 0.6) is 0 Å². The van der Waals surface area contributed by atoms with Crippen molar-refractivity contribution >= 4 is 5.78 Å². The summed E-state index contributed by atoms with van der Waals surface area (Å²) in [5.41, 5.74) is -0.600. The highest BCUT2D eigenvalue weighted by molar-refractivity contribution is 5.81. The molecule has 1 aromatic rings. The number of Topliss-reactive ketones (excluding diaryl/α,β-unsaturated/α-hetero) is 1. The van der Waals surface area contributed by atoms with Crippen LogP contribution in [0, 0.1) is 52.8 Å². The van der Waals surface area contributed by atoms with E-state index in [1.54, 1.807) is 17.1 Å². The zero-order chi connectivity index (χ0) is 22.3. The summed E-state index contributed by atoms with van der Waals surface area (Å²) in [7, 11) is 0. The Balaban J connectivity index is 1.27. The second-order valence-electron chi connectivity index (χ2n) is 11.2. The molecule has 0 saturated heterocycles. The summed E-state index contributed by atoms with van der Waals surface area (Å²) in [6, 6.07) is 0. The molecule has 6 nitrogen and oxygen atoms in total. The van der Waals surface area contributed by atoms with Gasteiger partial charge in [-0.05, 0) is 92.8 Å². The zero-order valence-corrected chi connectivity index (χ0v) is 19.2. The van der Waals surface area contributed by atoms with Gasteiger partial charge in [0, 0.05) is 18.5 Å². The molecule has 1 aromatic heterocycles. The van der Waals surface area contributed by atoms with Gasteiger partial charge in [0.05, 0.1) is 12.8 Å². The van der Waals surface area contributed by atoms with Gasteiger partial charge in [0.25, 0.3) is 0 Å². The molecule has 0 bridgehead atoms. The molecule has 0 aromatic carbocycles. The van der Waals surface area contributed by atoms with E-state index < -0.39 is 5.60 Å². The van der Waals surface area contributed by atoms with Gasteiger partial charge in [-0.25, -0.2) is 4.68 Å². The van der Waals surface area contributed by atoms with Gasteiger partial charge in [-0.2, -0.15) is 0 Å². The first-order valence-electron chi connectivity index (χ1n) is 12.6. The van der Waals surface area contributed by atoms with Crippen molar-refractivity contribution < 1.29 is 15.0 Å². The number of rotatable bonds is 4. The summed E-state index contributed by atoms with van der Waals surface area (Å²) in [5, 5.41) is 27.9. The van der Waals surface area contributed by atoms with Crippen LogP contribution in [0.4, 0.5) is 0 Å². The summed E-state index contributed by atoms with van der Waals surface area (Å²) in [5.74, 6) is 9.78. The highest BCUT2D eigenvalue weighted by Crippen LogP contribution is 2.64. The van der Waals surface area contributed by atoms with Crippen molar-refractivity contribution in [1.82, 2.24) is 15.0 Å². The number of nitrogens with zero attached hydrogens (tertiary/aromatic N) is 3. The number of ketones is 1. The molecule has 2 N–H and O–H groups in total. The number of carbonyl (C=O) groups excluding carboxylic acids is 1. The number of hydrogen-bond donors (Lipinski definition) is 2. The molecule has 174 valence electrons. The van der Waals surface area contributed by atoms with E-state index in [1.165, 1.54) is 32.1 Å². The molecular weight excluding hydrogens is 402 g/mol. The van der Waals surface area contributed by atoms with Gasteiger partial charge in [-0.3, -0.25) is 4.79 Å². The minimum atomic E-state index is -0.879. The van der Waals surface area contributed by atoms with Crippen LogP contribution in [0.3, 0.4) is 0 Å². The lowest BCUT2D eigenvalue weighted by Crippen LogP contribution is -2.54. The van der Waals surface area contributed by atoms with Crippen LogP contribution in [0.25, 0.3) is 0 Å². The molecule has 0 radical (unpaired) electrons. The molecular formula is C26H37N3O3. The third kappa shape index (κ3) is 3.82. The van der Waals surface area contributed by atoms with Gasteiger partial charge in [0.2, 0.25) is 0 Å². The van der Waals surface area contributed by atoms with E-state index >= 15 is 0 Å². The fourth-order valence-electron chi connectivity index (χ4n) is 8.29. The molecule has 4 aliphatic rings. The molecule has 0 spiro atoms. The topological polar surface area (TPSA) is 88.2 Å². The van der Waals surface area contributed by atoms with Crippen LogP contribution in [0.1, 0.15) is 71.1 Å². The molecule has 0 amide bonds. The first-order valence-corrected chi connectivity index (χ1v) is 12.6. The Bertz CT molecular complexity index is 890. The molecule has 0 unspecified atom stereocenters. The maximum atomic E-state index is 13.1. The number of hydrogen-bond acceptors (Lipinski definition) is 5. The number of aliphatic hydroxyl groups excluding tert-OH is 1. The summed E-state index contributed by atoms with van der Waals surface area (Å²) in [6.45, 7) is 2.90. The first-order chi connectivity index (χ1) is 15.4. The third-order valence-electron chi connectivity index (χ3n) is 9.81. The largest absolute Gasteiger partial charge is 0.395 e. The fourth-order valence-corrected chi connectivity index (χ4v) is 8.29. The molecule has 4 saturated carbocycles. The van der Waals surface area contributed by atoms with Gasteiger partial charge in [0.1, 0.15) is 12.1 Å².